The Kier molecular flexibility index (Phi) is 3.95. The van der Waals surface area contributed by atoms with E-state index in [0.717, 1.165) is 6.42 Å². The van der Waals surface area contributed by atoms with Gasteiger partial charge in [0.2, 0.25) is 0 Å². The molecule has 1 atom stereocenters. The summed E-state index contributed by atoms with van der Waals surface area (Å²) in [5, 5.41) is 4.96. The van der Waals surface area contributed by atoms with E-state index in [-0.39, 0.29) is 0 Å². The van der Waals surface area contributed by atoms with Gasteiger partial charge in [-0.15, -0.1) is 34.4 Å². The first-order valence-corrected chi connectivity index (χ1v) is 10.00. The average molecular weight is 341 g/mol. The fraction of sp³-hybridized carbons (Fsp3) is 0.158. The van der Waals surface area contributed by atoms with Crippen molar-refractivity contribution in [3.63, 3.8) is 0 Å². The molecule has 4 rings (SSSR count). The van der Waals surface area contributed by atoms with Gasteiger partial charge in [-0.3, -0.25) is 0 Å². The summed E-state index contributed by atoms with van der Waals surface area (Å²) in [5.74, 6) is 0. The lowest BCUT2D eigenvalue weighted by atomic mass is 10.00. The third-order valence-electron chi connectivity index (χ3n) is 3.85. The molecule has 1 unspecified atom stereocenters. The van der Waals surface area contributed by atoms with Gasteiger partial charge in [-0.25, -0.2) is 0 Å². The topological polar surface area (TPSA) is 0 Å². The van der Waals surface area contributed by atoms with Crippen LogP contribution in [0.5, 0.6) is 0 Å². The highest BCUT2D eigenvalue weighted by molar-refractivity contribution is 8.02. The Morgan fingerprint density at radius 1 is 1.00 bits per heavy atom. The second kappa shape index (κ2) is 6.07. The molecule has 0 N–H and O–H groups in total. The van der Waals surface area contributed by atoms with E-state index >= 15 is 0 Å². The van der Waals surface area contributed by atoms with Crippen molar-refractivity contribution in [1.29, 1.82) is 0 Å². The van der Waals surface area contributed by atoms with E-state index in [9.17, 15) is 0 Å². The van der Waals surface area contributed by atoms with Crippen LogP contribution in [-0.2, 0) is 0 Å². The van der Waals surface area contributed by atoms with Crippen molar-refractivity contribution in [2.45, 2.75) is 18.6 Å². The molecule has 3 heterocycles. The van der Waals surface area contributed by atoms with Gasteiger partial charge in [0.1, 0.15) is 0 Å². The van der Waals surface area contributed by atoms with Crippen LogP contribution < -0.4 is 0 Å². The number of benzene rings is 1. The SMILES string of the molecule is Cc1ccc(-c2cc(-c3cccs3)cc(C3CC=CS3)c2)s1. The second-order valence-corrected chi connectivity index (χ2v) is 8.81. The third-order valence-corrected chi connectivity index (χ3v) is 6.96. The van der Waals surface area contributed by atoms with Crippen molar-refractivity contribution in [3.05, 3.63) is 69.8 Å². The number of thioether (sulfide) groups is 1. The number of thiophene rings is 2. The minimum atomic E-state index is 0.569. The summed E-state index contributed by atoms with van der Waals surface area (Å²) < 4.78 is 0. The third kappa shape index (κ3) is 2.81. The lowest BCUT2D eigenvalue weighted by Crippen LogP contribution is -1.91. The highest BCUT2D eigenvalue weighted by Crippen LogP contribution is 2.42. The van der Waals surface area contributed by atoms with Crippen molar-refractivity contribution in [3.8, 4) is 20.9 Å². The molecule has 22 heavy (non-hydrogen) atoms. The smallest absolute Gasteiger partial charge is 0.0373 e. The Labute approximate surface area is 143 Å². The monoisotopic (exact) mass is 340 g/mol. The van der Waals surface area contributed by atoms with Gasteiger partial charge in [0.25, 0.3) is 0 Å². The van der Waals surface area contributed by atoms with Crippen molar-refractivity contribution >= 4 is 34.4 Å². The zero-order chi connectivity index (χ0) is 14.9. The largest absolute Gasteiger partial charge is 0.144 e. The Balaban J connectivity index is 1.83. The van der Waals surface area contributed by atoms with E-state index in [2.05, 4.69) is 66.3 Å². The molecule has 3 aromatic rings. The van der Waals surface area contributed by atoms with E-state index in [0.29, 0.717) is 5.25 Å². The molecule has 0 fully saturated rings. The van der Waals surface area contributed by atoms with Gasteiger partial charge < -0.3 is 0 Å². The first-order chi connectivity index (χ1) is 10.8. The molecular formula is C19H16S3. The van der Waals surface area contributed by atoms with E-state index in [4.69, 9.17) is 0 Å². The second-order valence-electron chi connectivity index (χ2n) is 5.46. The van der Waals surface area contributed by atoms with Crippen molar-refractivity contribution in [2.24, 2.45) is 0 Å². The predicted molar refractivity (Wildman–Crippen MR) is 102 cm³/mol. The Morgan fingerprint density at radius 2 is 1.86 bits per heavy atom. The number of allylic oxidation sites excluding steroid dienone is 1. The summed E-state index contributed by atoms with van der Waals surface area (Å²) in [6.45, 7) is 2.18. The van der Waals surface area contributed by atoms with Crippen molar-refractivity contribution in [2.75, 3.05) is 0 Å². The van der Waals surface area contributed by atoms with Crippen LogP contribution in [0.2, 0.25) is 0 Å². The highest BCUT2D eigenvalue weighted by Gasteiger charge is 2.16. The van der Waals surface area contributed by atoms with Crippen LogP contribution in [0.4, 0.5) is 0 Å². The average Bonchev–Trinajstić information content (AvgIpc) is 3.29. The quantitative estimate of drug-likeness (QED) is 0.488. The predicted octanol–water partition coefficient (Wildman–Crippen LogP) is 7.14. The van der Waals surface area contributed by atoms with Crippen LogP contribution in [0.1, 0.15) is 22.1 Å². The standard InChI is InChI=1S/C19H16S3/c1-13-6-7-19(22-13)16-11-14(17-4-2-8-20-17)10-15(12-16)18-5-3-9-21-18/h2-4,6-12,18H,5H2,1H3. The zero-order valence-electron chi connectivity index (χ0n) is 12.3. The molecule has 0 radical (unpaired) electrons. The molecule has 1 aliphatic rings. The van der Waals surface area contributed by atoms with Gasteiger partial charge in [0.15, 0.2) is 0 Å². The maximum Gasteiger partial charge on any atom is 0.0373 e. The fourth-order valence-electron chi connectivity index (χ4n) is 2.75. The molecule has 0 nitrogen and oxygen atoms in total. The summed E-state index contributed by atoms with van der Waals surface area (Å²) in [6.07, 6.45) is 3.42. The lowest BCUT2D eigenvalue weighted by molar-refractivity contribution is 0.992. The van der Waals surface area contributed by atoms with E-state index < -0.39 is 0 Å². The molecular weight excluding hydrogens is 324 g/mol. The number of rotatable bonds is 3. The Hall–Kier alpha value is -1.29. The van der Waals surface area contributed by atoms with Gasteiger partial charge in [0, 0.05) is 19.9 Å². The molecule has 0 aliphatic carbocycles. The van der Waals surface area contributed by atoms with Gasteiger partial charge >= 0.3 is 0 Å². The van der Waals surface area contributed by atoms with Gasteiger partial charge in [-0.05, 0) is 77.2 Å². The number of aryl methyl sites for hydroxylation is 1. The summed E-state index contributed by atoms with van der Waals surface area (Å²) in [5.41, 5.74) is 4.15. The maximum atomic E-state index is 2.38. The van der Waals surface area contributed by atoms with Crippen LogP contribution in [0.25, 0.3) is 20.9 Å². The molecule has 0 amide bonds. The summed E-state index contributed by atoms with van der Waals surface area (Å²) >= 11 is 5.63. The molecule has 2 aromatic heterocycles. The van der Waals surface area contributed by atoms with Gasteiger partial charge in [0.05, 0.1) is 0 Å². The first-order valence-electron chi connectivity index (χ1n) is 7.36. The Morgan fingerprint density at radius 3 is 2.50 bits per heavy atom. The van der Waals surface area contributed by atoms with E-state index in [1.807, 2.05) is 34.4 Å². The van der Waals surface area contributed by atoms with Crippen molar-refractivity contribution in [1.82, 2.24) is 0 Å². The normalized spacial score (nSPS) is 17.2. The molecule has 110 valence electrons. The van der Waals surface area contributed by atoms with E-state index in [1.54, 1.807) is 0 Å². The van der Waals surface area contributed by atoms with Gasteiger partial charge in [-0.2, -0.15) is 0 Å². The summed E-state index contributed by atoms with van der Waals surface area (Å²) in [4.78, 5) is 4.09. The molecule has 0 saturated heterocycles. The summed E-state index contributed by atoms with van der Waals surface area (Å²) in [7, 11) is 0. The molecule has 1 aromatic carbocycles. The highest BCUT2D eigenvalue weighted by atomic mass is 32.2. The molecule has 0 bridgehead atoms. The molecule has 0 spiro atoms. The molecule has 1 aliphatic heterocycles. The van der Waals surface area contributed by atoms with Crippen LogP contribution in [-0.4, -0.2) is 0 Å². The lowest BCUT2D eigenvalue weighted by Gasteiger charge is -2.13. The van der Waals surface area contributed by atoms with Gasteiger partial charge in [-0.1, -0.05) is 12.1 Å². The van der Waals surface area contributed by atoms with Crippen LogP contribution in [0.3, 0.4) is 0 Å². The minimum Gasteiger partial charge on any atom is -0.144 e. The van der Waals surface area contributed by atoms with Crippen LogP contribution in [0.15, 0.2) is 59.3 Å². The van der Waals surface area contributed by atoms with E-state index in [1.165, 1.54) is 31.3 Å². The number of hydrogen-bond acceptors (Lipinski definition) is 3. The molecule has 0 saturated carbocycles. The first kappa shape index (κ1) is 14.3. The Bertz CT molecular complexity index is 801. The summed E-state index contributed by atoms with van der Waals surface area (Å²) in [6, 6.07) is 15.9. The maximum absolute atomic E-state index is 2.38. The van der Waals surface area contributed by atoms with Crippen molar-refractivity contribution < 1.29 is 0 Å². The molecule has 3 heteroatoms. The number of hydrogen-bond donors (Lipinski definition) is 0. The zero-order valence-corrected chi connectivity index (χ0v) is 14.7. The fourth-order valence-corrected chi connectivity index (χ4v) is 5.25. The van der Waals surface area contributed by atoms with Crippen LogP contribution in [0, 0.1) is 6.92 Å². The minimum absolute atomic E-state index is 0.569. The van der Waals surface area contributed by atoms with Crippen LogP contribution >= 0.6 is 34.4 Å².